The Kier molecular flexibility index (Phi) is 3.32. The third-order valence-corrected chi connectivity index (χ3v) is 2.53. The van der Waals surface area contributed by atoms with Crippen molar-refractivity contribution in [3.63, 3.8) is 0 Å². The number of hydrogen-bond acceptors (Lipinski definition) is 4. The van der Waals surface area contributed by atoms with Crippen molar-refractivity contribution in [1.82, 2.24) is 4.98 Å². The lowest BCUT2D eigenvalue weighted by molar-refractivity contribution is -0.136. The Morgan fingerprint density at radius 1 is 1.50 bits per heavy atom. The number of aryl methyl sites for hydroxylation is 1. The molecule has 0 fully saturated rings. The summed E-state index contributed by atoms with van der Waals surface area (Å²) in [7, 11) is 1.58. The van der Waals surface area contributed by atoms with Gasteiger partial charge in [-0.15, -0.1) is 0 Å². The summed E-state index contributed by atoms with van der Waals surface area (Å²) in [6, 6.07) is 7.26. The van der Waals surface area contributed by atoms with Crippen LogP contribution in [0, 0.1) is 6.92 Å². The van der Waals surface area contributed by atoms with E-state index >= 15 is 0 Å². The molecule has 0 bridgehead atoms. The van der Waals surface area contributed by atoms with Crippen molar-refractivity contribution in [2.75, 3.05) is 7.11 Å². The SMILES string of the molecule is COc1cccc(-c2nc(CC(=O)O)c(C)o2)c1. The molecule has 0 spiro atoms. The zero-order valence-corrected chi connectivity index (χ0v) is 10.1. The smallest absolute Gasteiger partial charge is 0.309 e. The van der Waals surface area contributed by atoms with E-state index in [0.29, 0.717) is 23.1 Å². The van der Waals surface area contributed by atoms with Crippen LogP contribution in [0.3, 0.4) is 0 Å². The van der Waals surface area contributed by atoms with Gasteiger partial charge in [0.1, 0.15) is 11.5 Å². The second kappa shape index (κ2) is 4.91. The van der Waals surface area contributed by atoms with Gasteiger partial charge in [0, 0.05) is 5.56 Å². The van der Waals surface area contributed by atoms with Gasteiger partial charge in [-0.05, 0) is 25.1 Å². The van der Waals surface area contributed by atoms with E-state index in [2.05, 4.69) is 4.98 Å². The van der Waals surface area contributed by atoms with E-state index in [1.54, 1.807) is 20.1 Å². The molecule has 2 aromatic rings. The maximum absolute atomic E-state index is 10.7. The van der Waals surface area contributed by atoms with Crippen LogP contribution in [0.2, 0.25) is 0 Å². The molecule has 18 heavy (non-hydrogen) atoms. The highest BCUT2D eigenvalue weighted by Gasteiger charge is 2.14. The zero-order chi connectivity index (χ0) is 13.1. The van der Waals surface area contributed by atoms with E-state index < -0.39 is 5.97 Å². The fraction of sp³-hybridized carbons (Fsp3) is 0.231. The van der Waals surface area contributed by atoms with E-state index in [-0.39, 0.29) is 6.42 Å². The average Bonchev–Trinajstić information content (AvgIpc) is 2.70. The molecule has 0 aliphatic rings. The molecule has 1 aromatic carbocycles. The van der Waals surface area contributed by atoms with Crippen LogP contribution in [0.15, 0.2) is 28.7 Å². The minimum Gasteiger partial charge on any atom is -0.497 e. The van der Waals surface area contributed by atoms with Gasteiger partial charge in [-0.3, -0.25) is 4.79 Å². The van der Waals surface area contributed by atoms with Crippen molar-refractivity contribution >= 4 is 5.97 Å². The maximum atomic E-state index is 10.7. The molecular formula is C13H13NO4. The molecule has 0 atom stereocenters. The van der Waals surface area contributed by atoms with Crippen molar-refractivity contribution < 1.29 is 19.1 Å². The molecule has 0 amide bonds. The van der Waals surface area contributed by atoms with Crippen LogP contribution in [-0.2, 0) is 11.2 Å². The molecule has 0 saturated carbocycles. The molecule has 0 unspecified atom stereocenters. The molecule has 5 heteroatoms. The van der Waals surface area contributed by atoms with Gasteiger partial charge < -0.3 is 14.3 Å². The summed E-state index contributed by atoms with van der Waals surface area (Å²) in [5.41, 5.74) is 1.20. The van der Waals surface area contributed by atoms with Crippen LogP contribution in [0.5, 0.6) is 5.75 Å². The number of aliphatic carboxylic acids is 1. The molecular weight excluding hydrogens is 234 g/mol. The molecule has 1 heterocycles. The highest BCUT2D eigenvalue weighted by Crippen LogP contribution is 2.25. The number of aromatic nitrogens is 1. The third-order valence-electron chi connectivity index (χ3n) is 2.53. The first kappa shape index (κ1) is 12.2. The Morgan fingerprint density at radius 3 is 2.94 bits per heavy atom. The molecule has 94 valence electrons. The summed E-state index contributed by atoms with van der Waals surface area (Å²) in [6.07, 6.45) is -0.140. The fourth-order valence-corrected chi connectivity index (χ4v) is 1.61. The third kappa shape index (κ3) is 2.51. The standard InChI is InChI=1S/C13H13NO4/c1-8-11(7-12(15)16)14-13(18-8)9-4-3-5-10(6-9)17-2/h3-6H,7H2,1-2H3,(H,15,16). The largest absolute Gasteiger partial charge is 0.497 e. The number of carboxylic acid groups (broad SMARTS) is 1. The summed E-state index contributed by atoms with van der Waals surface area (Å²) in [4.78, 5) is 14.9. The molecule has 0 aliphatic carbocycles. The summed E-state index contributed by atoms with van der Waals surface area (Å²) < 4.78 is 10.6. The topological polar surface area (TPSA) is 72.6 Å². The van der Waals surface area contributed by atoms with Crippen molar-refractivity contribution in [1.29, 1.82) is 0 Å². The number of carboxylic acids is 1. The average molecular weight is 247 g/mol. The monoisotopic (exact) mass is 247 g/mol. The summed E-state index contributed by atoms with van der Waals surface area (Å²) >= 11 is 0. The van der Waals surface area contributed by atoms with E-state index in [1.165, 1.54) is 0 Å². The Morgan fingerprint density at radius 2 is 2.28 bits per heavy atom. The number of oxazole rings is 1. The molecule has 5 nitrogen and oxygen atoms in total. The molecule has 1 aromatic heterocycles. The fourth-order valence-electron chi connectivity index (χ4n) is 1.61. The van der Waals surface area contributed by atoms with Crippen molar-refractivity contribution in [2.45, 2.75) is 13.3 Å². The number of ether oxygens (including phenoxy) is 1. The molecule has 2 rings (SSSR count). The number of benzene rings is 1. The first-order chi connectivity index (χ1) is 8.60. The predicted octanol–water partition coefficient (Wildman–Crippen LogP) is 2.29. The molecule has 0 saturated heterocycles. The van der Waals surface area contributed by atoms with Gasteiger partial charge in [0.25, 0.3) is 0 Å². The predicted molar refractivity (Wildman–Crippen MR) is 64.6 cm³/mol. The summed E-state index contributed by atoms with van der Waals surface area (Å²) in [5.74, 6) is 0.699. The summed E-state index contributed by atoms with van der Waals surface area (Å²) in [6.45, 7) is 1.70. The van der Waals surface area contributed by atoms with Crippen LogP contribution in [0.1, 0.15) is 11.5 Å². The van der Waals surface area contributed by atoms with Crippen LogP contribution in [0.25, 0.3) is 11.5 Å². The molecule has 0 radical (unpaired) electrons. The minimum absolute atomic E-state index is 0.140. The van der Waals surface area contributed by atoms with Crippen LogP contribution >= 0.6 is 0 Å². The number of rotatable bonds is 4. The highest BCUT2D eigenvalue weighted by atomic mass is 16.5. The first-order valence-corrected chi connectivity index (χ1v) is 5.42. The van der Waals surface area contributed by atoms with E-state index in [0.717, 1.165) is 5.56 Å². The van der Waals surface area contributed by atoms with Crippen LogP contribution in [-0.4, -0.2) is 23.2 Å². The van der Waals surface area contributed by atoms with Gasteiger partial charge >= 0.3 is 5.97 Å². The van der Waals surface area contributed by atoms with Gasteiger partial charge in [-0.1, -0.05) is 6.07 Å². The van der Waals surface area contributed by atoms with Crippen LogP contribution < -0.4 is 4.74 Å². The lowest BCUT2D eigenvalue weighted by Gasteiger charge is -2.00. The number of methoxy groups -OCH3 is 1. The number of carbonyl (C=O) groups is 1. The first-order valence-electron chi connectivity index (χ1n) is 5.42. The Balaban J connectivity index is 2.35. The van der Waals surface area contributed by atoms with E-state index in [9.17, 15) is 4.79 Å². The zero-order valence-electron chi connectivity index (χ0n) is 10.1. The second-order valence-corrected chi connectivity index (χ2v) is 3.82. The van der Waals surface area contributed by atoms with Gasteiger partial charge in [0.2, 0.25) is 5.89 Å². The number of nitrogens with zero attached hydrogens (tertiary/aromatic N) is 1. The van der Waals surface area contributed by atoms with Gasteiger partial charge in [0.15, 0.2) is 0 Å². The van der Waals surface area contributed by atoms with Crippen LogP contribution in [0.4, 0.5) is 0 Å². The lowest BCUT2D eigenvalue weighted by atomic mass is 10.2. The highest BCUT2D eigenvalue weighted by molar-refractivity contribution is 5.70. The summed E-state index contributed by atoms with van der Waals surface area (Å²) in [5, 5.41) is 8.75. The quantitative estimate of drug-likeness (QED) is 0.897. The Bertz CT molecular complexity index is 574. The van der Waals surface area contributed by atoms with Gasteiger partial charge in [-0.2, -0.15) is 0 Å². The molecule has 1 N–H and O–H groups in total. The van der Waals surface area contributed by atoms with E-state index in [1.807, 2.05) is 18.2 Å². The Hall–Kier alpha value is -2.30. The lowest BCUT2D eigenvalue weighted by Crippen LogP contribution is -2.01. The number of hydrogen-bond donors (Lipinski definition) is 1. The van der Waals surface area contributed by atoms with Crippen molar-refractivity contribution in [2.24, 2.45) is 0 Å². The van der Waals surface area contributed by atoms with E-state index in [4.69, 9.17) is 14.3 Å². The molecule has 0 aliphatic heterocycles. The second-order valence-electron chi connectivity index (χ2n) is 3.82. The normalized spacial score (nSPS) is 10.3. The minimum atomic E-state index is -0.927. The van der Waals surface area contributed by atoms with Gasteiger partial charge in [0.05, 0.1) is 19.2 Å². The van der Waals surface area contributed by atoms with Crippen molar-refractivity contribution in [3.05, 3.63) is 35.7 Å². The maximum Gasteiger partial charge on any atom is 0.309 e. The van der Waals surface area contributed by atoms with Crippen molar-refractivity contribution in [3.8, 4) is 17.2 Å². The Labute approximate surface area is 104 Å². The van der Waals surface area contributed by atoms with Gasteiger partial charge in [-0.25, -0.2) is 4.98 Å².